The molecule has 1 nitrogen and oxygen atoms in total. The van der Waals surface area contributed by atoms with Crippen LogP contribution in [-0.2, 0) is 11.3 Å². The molecule has 1 aromatic carbocycles. The molecule has 1 fully saturated rings. The van der Waals surface area contributed by atoms with Gasteiger partial charge in [-0.15, -0.1) is 0 Å². The van der Waals surface area contributed by atoms with Crippen molar-refractivity contribution in [1.29, 1.82) is 0 Å². The van der Waals surface area contributed by atoms with Crippen LogP contribution >= 0.6 is 15.9 Å². The molecule has 0 aliphatic heterocycles. The first-order valence-electron chi connectivity index (χ1n) is 5.15. The zero-order chi connectivity index (χ0) is 11.6. The normalized spacial score (nSPS) is 26.7. The van der Waals surface area contributed by atoms with E-state index in [4.69, 9.17) is 4.74 Å². The summed E-state index contributed by atoms with van der Waals surface area (Å²) in [6, 6.07) is 9.57. The Labute approximate surface area is 102 Å². The number of alkyl halides is 3. The van der Waals surface area contributed by atoms with Crippen LogP contribution in [0.5, 0.6) is 0 Å². The van der Waals surface area contributed by atoms with E-state index in [9.17, 15) is 8.78 Å². The minimum atomic E-state index is -2.56. The third-order valence-electron chi connectivity index (χ3n) is 2.96. The highest BCUT2D eigenvalue weighted by Gasteiger charge is 2.70. The SMILES string of the molecule is FC1(F)CC1(CBr)COCc1ccccc1. The zero-order valence-electron chi connectivity index (χ0n) is 8.76. The first kappa shape index (κ1) is 12.0. The fourth-order valence-electron chi connectivity index (χ4n) is 1.66. The Bertz CT molecular complexity index is 355. The summed E-state index contributed by atoms with van der Waals surface area (Å²) in [5.41, 5.74) is 0.0399. The second-order valence-corrected chi connectivity index (χ2v) is 4.83. The Morgan fingerprint density at radius 2 is 1.88 bits per heavy atom. The smallest absolute Gasteiger partial charge is 0.257 e. The van der Waals surface area contributed by atoms with Crippen LogP contribution in [-0.4, -0.2) is 17.9 Å². The molecule has 4 heteroatoms. The first-order valence-corrected chi connectivity index (χ1v) is 6.27. The summed E-state index contributed by atoms with van der Waals surface area (Å²) in [6.07, 6.45) is -0.0694. The third kappa shape index (κ3) is 2.28. The molecular formula is C12H13BrF2O. The number of hydrogen-bond donors (Lipinski definition) is 0. The van der Waals surface area contributed by atoms with Gasteiger partial charge in [0.05, 0.1) is 18.6 Å². The lowest BCUT2D eigenvalue weighted by atomic mass is 10.1. The average Bonchev–Trinajstić information content (AvgIpc) is 2.83. The number of rotatable bonds is 5. The van der Waals surface area contributed by atoms with Crippen LogP contribution < -0.4 is 0 Å². The fraction of sp³-hybridized carbons (Fsp3) is 0.500. The molecule has 16 heavy (non-hydrogen) atoms. The van der Waals surface area contributed by atoms with Gasteiger partial charge in [-0.25, -0.2) is 8.78 Å². The summed E-state index contributed by atoms with van der Waals surface area (Å²) < 4.78 is 31.5. The molecule has 1 atom stereocenters. The summed E-state index contributed by atoms with van der Waals surface area (Å²) >= 11 is 3.14. The Hall–Kier alpha value is -0.480. The van der Waals surface area contributed by atoms with Gasteiger partial charge >= 0.3 is 0 Å². The Balaban J connectivity index is 1.81. The highest BCUT2D eigenvalue weighted by molar-refractivity contribution is 9.09. The van der Waals surface area contributed by atoms with Crippen LogP contribution in [0, 0.1) is 5.41 Å². The molecule has 0 aromatic heterocycles. The topological polar surface area (TPSA) is 9.23 Å². The molecule has 0 amide bonds. The molecule has 88 valence electrons. The summed E-state index contributed by atoms with van der Waals surface area (Å²) in [7, 11) is 0. The van der Waals surface area contributed by atoms with Crippen molar-refractivity contribution < 1.29 is 13.5 Å². The lowest BCUT2D eigenvalue weighted by Gasteiger charge is -2.13. The monoisotopic (exact) mass is 290 g/mol. The molecule has 1 aliphatic carbocycles. The molecule has 1 unspecified atom stereocenters. The zero-order valence-corrected chi connectivity index (χ0v) is 10.3. The number of halogens is 3. The van der Waals surface area contributed by atoms with Crippen molar-refractivity contribution in [2.45, 2.75) is 19.0 Å². The van der Waals surface area contributed by atoms with Crippen LogP contribution in [0.4, 0.5) is 8.78 Å². The van der Waals surface area contributed by atoms with Crippen molar-refractivity contribution >= 4 is 15.9 Å². The van der Waals surface area contributed by atoms with Gasteiger partial charge < -0.3 is 4.74 Å². The first-order chi connectivity index (χ1) is 7.60. The fourth-order valence-corrected chi connectivity index (χ4v) is 2.43. The lowest BCUT2D eigenvalue weighted by molar-refractivity contribution is 0.0131. The largest absolute Gasteiger partial charge is 0.376 e. The molecule has 0 saturated heterocycles. The predicted octanol–water partition coefficient (Wildman–Crippen LogP) is 3.62. The van der Waals surface area contributed by atoms with E-state index in [1.165, 1.54) is 0 Å². The molecule has 2 rings (SSSR count). The molecule has 1 aromatic rings. The molecule has 0 radical (unpaired) electrons. The van der Waals surface area contributed by atoms with E-state index < -0.39 is 11.3 Å². The van der Waals surface area contributed by atoms with Gasteiger partial charge in [0.15, 0.2) is 0 Å². The van der Waals surface area contributed by atoms with Crippen molar-refractivity contribution in [2.75, 3.05) is 11.9 Å². The van der Waals surface area contributed by atoms with Crippen molar-refractivity contribution in [1.82, 2.24) is 0 Å². The second kappa shape index (κ2) is 4.41. The Morgan fingerprint density at radius 3 is 2.38 bits per heavy atom. The number of benzene rings is 1. The summed E-state index contributed by atoms with van der Waals surface area (Å²) in [4.78, 5) is 0. The Morgan fingerprint density at radius 1 is 1.25 bits per heavy atom. The lowest BCUT2D eigenvalue weighted by Crippen LogP contribution is -2.20. The molecule has 0 heterocycles. The van der Waals surface area contributed by atoms with Gasteiger partial charge in [-0.2, -0.15) is 0 Å². The van der Waals surface area contributed by atoms with Crippen molar-refractivity contribution in [3.05, 3.63) is 35.9 Å². The van der Waals surface area contributed by atoms with Crippen LogP contribution in [0.1, 0.15) is 12.0 Å². The van der Waals surface area contributed by atoms with E-state index >= 15 is 0 Å². The van der Waals surface area contributed by atoms with Gasteiger partial charge in [0, 0.05) is 11.8 Å². The van der Waals surface area contributed by atoms with E-state index in [1.54, 1.807) is 0 Å². The van der Waals surface area contributed by atoms with Gasteiger partial charge in [-0.3, -0.25) is 0 Å². The maximum atomic E-state index is 13.1. The van der Waals surface area contributed by atoms with E-state index in [1.807, 2.05) is 30.3 Å². The van der Waals surface area contributed by atoms with Gasteiger partial charge in [0.2, 0.25) is 0 Å². The average molecular weight is 291 g/mol. The number of ether oxygens (including phenoxy) is 1. The molecule has 0 bridgehead atoms. The van der Waals surface area contributed by atoms with Gasteiger partial charge in [-0.05, 0) is 5.56 Å². The molecule has 1 aliphatic rings. The summed E-state index contributed by atoms with van der Waals surface area (Å²) in [5, 5.41) is 0.293. The standard InChI is InChI=1S/C12H13BrF2O/c13-8-11(7-12(11,14)15)9-16-6-10-4-2-1-3-5-10/h1-5H,6-9H2. The Kier molecular flexibility index (Phi) is 3.31. The minimum Gasteiger partial charge on any atom is -0.376 e. The second-order valence-electron chi connectivity index (χ2n) is 4.27. The van der Waals surface area contributed by atoms with Gasteiger partial charge in [0.25, 0.3) is 5.92 Å². The maximum Gasteiger partial charge on any atom is 0.257 e. The van der Waals surface area contributed by atoms with Crippen LogP contribution in [0.2, 0.25) is 0 Å². The summed E-state index contributed by atoms with van der Waals surface area (Å²) in [6.45, 7) is 0.506. The van der Waals surface area contributed by atoms with Crippen LogP contribution in [0.3, 0.4) is 0 Å². The summed E-state index contributed by atoms with van der Waals surface area (Å²) in [5.74, 6) is -2.56. The van der Waals surface area contributed by atoms with Crippen molar-refractivity contribution in [2.24, 2.45) is 5.41 Å². The third-order valence-corrected chi connectivity index (χ3v) is 4.03. The molecular weight excluding hydrogens is 278 g/mol. The number of hydrogen-bond acceptors (Lipinski definition) is 1. The van der Waals surface area contributed by atoms with E-state index in [0.717, 1.165) is 5.56 Å². The highest BCUT2D eigenvalue weighted by atomic mass is 79.9. The van der Waals surface area contributed by atoms with Crippen LogP contribution in [0.15, 0.2) is 30.3 Å². The quantitative estimate of drug-likeness (QED) is 0.753. The van der Waals surface area contributed by atoms with Crippen molar-refractivity contribution in [3.63, 3.8) is 0 Å². The van der Waals surface area contributed by atoms with E-state index in [0.29, 0.717) is 11.9 Å². The van der Waals surface area contributed by atoms with E-state index in [-0.39, 0.29) is 13.0 Å². The van der Waals surface area contributed by atoms with Crippen LogP contribution in [0.25, 0.3) is 0 Å². The molecule has 0 spiro atoms. The van der Waals surface area contributed by atoms with Gasteiger partial charge in [-0.1, -0.05) is 46.3 Å². The van der Waals surface area contributed by atoms with E-state index in [2.05, 4.69) is 15.9 Å². The molecule has 1 saturated carbocycles. The maximum absolute atomic E-state index is 13.1. The minimum absolute atomic E-state index is 0.0694. The van der Waals surface area contributed by atoms with Crippen molar-refractivity contribution in [3.8, 4) is 0 Å². The molecule has 0 N–H and O–H groups in total. The predicted molar refractivity (Wildman–Crippen MR) is 61.9 cm³/mol. The van der Waals surface area contributed by atoms with Gasteiger partial charge in [0.1, 0.15) is 0 Å². The highest BCUT2D eigenvalue weighted by Crippen LogP contribution is 2.61.